The Kier molecular flexibility index (Phi) is 7.94. The van der Waals surface area contributed by atoms with Gasteiger partial charge in [-0.3, -0.25) is 19.9 Å². The maximum absolute atomic E-state index is 13.8. The van der Waals surface area contributed by atoms with Crippen molar-refractivity contribution < 1.29 is 23.8 Å². The molecule has 1 fully saturated rings. The zero-order valence-electron chi connectivity index (χ0n) is 21.5. The van der Waals surface area contributed by atoms with Crippen molar-refractivity contribution in [1.29, 1.82) is 5.41 Å². The summed E-state index contributed by atoms with van der Waals surface area (Å²) < 4.78 is 19.1. The molecular weight excluding hydrogens is 475 g/mol. The van der Waals surface area contributed by atoms with Crippen molar-refractivity contribution in [3.63, 3.8) is 0 Å². The van der Waals surface area contributed by atoms with Crippen LogP contribution in [0.1, 0.15) is 78.7 Å². The van der Waals surface area contributed by atoms with E-state index in [1.165, 1.54) is 17.0 Å². The summed E-state index contributed by atoms with van der Waals surface area (Å²) in [5.74, 6) is -0.935. The molecule has 9 heteroatoms. The molecule has 2 amide bonds. The van der Waals surface area contributed by atoms with Crippen molar-refractivity contribution in [3.05, 3.63) is 70.5 Å². The van der Waals surface area contributed by atoms with Crippen molar-refractivity contribution in [2.75, 3.05) is 13.7 Å². The van der Waals surface area contributed by atoms with Crippen molar-refractivity contribution in [1.82, 2.24) is 15.5 Å². The third-order valence-electron chi connectivity index (χ3n) is 7.72. The molecule has 1 aliphatic carbocycles. The van der Waals surface area contributed by atoms with Gasteiger partial charge in [0.2, 0.25) is 5.91 Å². The number of methoxy groups -OCH3 is 1. The number of rotatable bonds is 9. The lowest BCUT2D eigenvalue weighted by atomic mass is 9.86. The molecule has 0 aromatic heterocycles. The van der Waals surface area contributed by atoms with E-state index in [-0.39, 0.29) is 18.3 Å². The van der Waals surface area contributed by atoms with E-state index in [0.29, 0.717) is 36.1 Å². The molecule has 2 unspecified atom stereocenters. The average Bonchev–Trinajstić information content (AvgIpc) is 3.19. The monoisotopic (exact) mass is 510 g/mol. The zero-order valence-corrected chi connectivity index (χ0v) is 21.5. The topological polar surface area (TPSA) is 115 Å². The van der Waals surface area contributed by atoms with Crippen LogP contribution in [0.15, 0.2) is 42.5 Å². The Labute approximate surface area is 216 Å². The lowest BCUT2D eigenvalue weighted by Gasteiger charge is -2.45. The molecule has 198 valence electrons. The predicted octanol–water partition coefficient (Wildman–Crippen LogP) is 3.61. The number of amides is 2. The number of halogens is 1. The number of nitrogens with zero attached hydrogens (tertiary/aromatic N) is 1. The van der Waals surface area contributed by atoms with Crippen LogP contribution < -0.4 is 10.6 Å². The molecule has 3 atom stereocenters. The van der Waals surface area contributed by atoms with E-state index in [0.717, 1.165) is 18.4 Å². The highest BCUT2D eigenvalue weighted by molar-refractivity contribution is 6.00. The second-order valence-electron chi connectivity index (χ2n) is 9.89. The largest absolute Gasteiger partial charge is 0.390 e. The molecule has 8 nitrogen and oxygen atoms in total. The summed E-state index contributed by atoms with van der Waals surface area (Å²) in [4.78, 5) is 28.0. The smallest absolute Gasteiger partial charge is 0.251 e. The number of carbonyl (C=O) groups is 2. The Balaban J connectivity index is 1.59. The fourth-order valence-corrected chi connectivity index (χ4v) is 5.41. The van der Waals surface area contributed by atoms with Gasteiger partial charge in [0.1, 0.15) is 5.82 Å². The first kappa shape index (κ1) is 26.8. The van der Waals surface area contributed by atoms with Gasteiger partial charge in [-0.2, -0.15) is 0 Å². The molecule has 2 aliphatic rings. The first-order valence-corrected chi connectivity index (χ1v) is 12.8. The van der Waals surface area contributed by atoms with Crippen LogP contribution in [-0.2, 0) is 16.0 Å². The van der Waals surface area contributed by atoms with Crippen molar-refractivity contribution >= 4 is 17.8 Å². The van der Waals surface area contributed by atoms with Crippen LogP contribution in [0.25, 0.3) is 0 Å². The maximum Gasteiger partial charge on any atom is 0.251 e. The third-order valence-corrected chi connectivity index (χ3v) is 7.72. The molecule has 0 spiro atoms. The molecule has 1 aliphatic heterocycles. The van der Waals surface area contributed by atoms with Crippen LogP contribution in [0.2, 0.25) is 0 Å². The molecule has 4 N–H and O–H groups in total. The Morgan fingerprint density at radius 3 is 2.73 bits per heavy atom. The number of hydrogen-bond acceptors (Lipinski definition) is 5. The van der Waals surface area contributed by atoms with E-state index in [1.54, 1.807) is 31.4 Å². The molecule has 1 heterocycles. The van der Waals surface area contributed by atoms with Crippen LogP contribution in [0.5, 0.6) is 0 Å². The number of aliphatic hydroxyl groups is 1. The molecule has 2 aromatic rings. The Bertz CT molecular complexity index is 1160. The zero-order chi connectivity index (χ0) is 26.7. The maximum atomic E-state index is 13.8. The molecular formula is C28H35FN4O4. The van der Waals surface area contributed by atoms with Crippen LogP contribution in [0.4, 0.5) is 4.39 Å². The van der Waals surface area contributed by atoms with E-state index in [9.17, 15) is 19.1 Å². The summed E-state index contributed by atoms with van der Waals surface area (Å²) in [6, 6.07) is 10.0. The van der Waals surface area contributed by atoms with Gasteiger partial charge >= 0.3 is 0 Å². The standard InChI is InChI=1S/C28H35FN4O4/c1-4-28(5-2)16-24(35)33(27(30)32-28)22(11-12-37-3)18-7-6-8-19(13-18)26(36)31-25-21-15-20(29)10-9-17(21)14-23(25)34/h6-10,13,15,22-23,25,34H,4-5,11-12,14,16H2,1-3H3,(H2,30,32)(H,31,36)/t22-,23?,25?/m1/s1. The lowest BCUT2D eigenvalue weighted by Crippen LogP contribution is -2.62. The molecule has 1 saturated heterocycles. The quantitative estimate of drug-likeness (QED) is 0.412. The van der Waals surface area contributed by atoms with E-state index >= 15 is 0 Å². The van der Waals surface area contributed by atoms with Gasteiger partial charge in [0, 0.05) is 31.2 Å². The van der Waals surface area contributed by atoms with Gasteiger partial charge in [-0.1, -0.05) is 32.0 Å². The van der Waals surface area contributed by atoms with Crippen molar-refractivity contribution in [2.45, 2.75) is 69.7 Å². The predicted molar refractivity (Wildman–Crippen MR) is 138 cm³/mol. The number of nitrogens with one attached hydrogen (secondary N) is 3. The van der Waals surface area contributed by atoms with E-state index in [1.807, 2.05) is 19.9 Å². The second kappa shape index (κ2) is 11.0. The van der Waals surface area contributed by atoms with Gasteiger partial charge < -0.3 is 20.5 Å². The lowest BCUT2D eigenvalue weighted by molar-refractivity contribution is -0.133. The highest BCUT2D eigenvalue weighted by atomic mass is 19.1. The second-order valence-corrected chi connectivity index (χ2v) is 9.89. The number of hydrogen-bond donors (Lipinski definition) is 4. The Morgan fingerprint density at radius 1 is 1.30 bits per heavy atom. The van der Waals surface area contributed by atoms with Gasteiger partial charge in [0.25, 0.3) is 5.91 Å². The van der Waals surface area contributed by atoms with Crippen LogP contribution >= 0.6 is 0 Å². The summed E-state index contributed by atoms with van der Waals surface area (Å²) in [7, 11) is 1.58. The van der Waals surface area contributed by atoms with E-state index in [2.05, 4.69) is 10.6 Å². The van der Waals surface area contributed by atoms with Crippen LogP contribution in [-0.4, -0.2) is 53.1 Å². The first-order chi connectivity index (χ1) is 17.7. The highest BCUT2D eigenvalue weighted by Gasteiger charge is 2.42. The van der Waals surface area contributed by atoms with Crippen LogP contribution in [0, 0.1) is 11.2 Å². The average molecular weight is 511 g/mol. The normalized spacial score (nSPS) is 21.4. The summed E-state index contributed by atoms with van der Waals surface area (Å²) in [6.07, 6.45) is 1.66. The molecule has 4 rings (SSSR count). The van der Waals surface area contributed by atoms with E-state index in [4.69, 9.17) is 10.1 Å². The van der Waals surface area contributed by atoms with Gasteiger partial charge in [-0.05, 0) is 60.2 Å². The minimum atomic E-state index is -0.853. The number of ether oxygens (including phenoxy) is 1. The fraction of sp³-hybridized carbons (Fsp3) is 0.464. The number of guanidine groups is 1. The molecule has 0 radical (unpaired) electrons. The Morgan fingerprint density at radius 2 is 2.05 bits per heavy atom. The molecule has 0 saturated carbocycles. The van der Waals surface area contributed by atoms with E-state index < -0.39 is 35.5 Å². The highest BCUT2D eigenvalue weighted by Crippen LogP contribution is 2.34. The Hall–Kier alpha value is -3.30. The summed E-state index contributed by atoms with van der Waals surface area (Å²) >= 11 is 0. The number of carbonyl (C=O) groups excluding carboxylic acids is 2. The number of fused-ring (bicyclic) bond motifs is 1. The molecule has 37 heavy (non-hydrogen) atoms. The number of aliphatic hydroxyl groups excluding tert-OH is 1. The summed E-state index contributed by atoms with van der Waals surface area (Å²) in [5, 5.41) is 25.3. The molecule has 2 aromatic carbocycles. The van der Waals surface area contributed by atoms with Crippen LogP contribution in [0.3, 0.4) is 0 Å². The fourth-order valence-electron chi connectivity index (χ4n) is 5.41. The number of benzene rings is 2. The van der Waals surface area contributed by atoms with Gasteiger partial charge in [0.15, 0.2) is 5.96 Å². The van der Waals surface area contributed by atoms with Gasteiger partial charge in [-0.25, -0.2) is 4.39 Å². The first-order valence-electron chi connectivity index (χ1n) is 12.8. The van der Waals surface area contributed by atoms with Gasteiger partial charge in [-0.15, -0.1) is 0 Å². The molecule has 0 bridgehead atoms. The minimum absolute atomic E-state index is 0.0450. The summed E-state index contributed by atoms with van der Waals surface area (Å²) in [5.41, 5.74) is 1.98. The van der Waals surface area contributed by atoms with Crippen molar-refractivity contribution in [2.24, 2.45) is 0 Å². The SMILES string of the molecule is CCC1(CC)CC(=O)N([C@H](CCOC)c2cccc(C(=O)NC3c4cc(F)ccc4CC3O)c2)C(=N)N1. The van der Waals surface area contributed by atoms with Gasteiger partial charge in [0.05, 0.1) is 24.6 Å². The third kappa shape index (κ3) is 5.38. The minimum Gasteiger partial charge on any atom is -0.390 e. The summed E-state index contributed by atoms with van der Waals surface area (Å²) in [6.45, 7) is 4.37. The van der Waals surface area contributed by atoms with Crippen molar-refractivity contribution in [3.8, 4) is 0 Å².